The Bertz CT molecular complexity index is 549. The van der Waals surface area contributed by atoms with E-state index in [2.05, 4.69) is 5.32 Å². The molecule has 106 valence electrons. The van der Waals surface area contributed by atoms with Crippen LogP contribution in [0, 0.1) is 11.7 Å². The summed E-state index contributed by atoms with van der Waals surface area (Å²) in [5.74, 6) is -0.798. The highest BCUT2D eigenvalue weighted by atomic mass is 19.1. The van der Waals surface area contributed by atoms with Crippen molar-refractivity contribution in [1.29, 1.82) is 0 Å². The molecule has 1 heterocycles. The van der Waals surface area contributed by atoms with Gasteiger partial charge in [0.15, 0.2) is 0 Å². The Kier molecular flexibility index (Phi) is 3.42. The largest absolute Gasteiger partial charge is 0.339 e. The lowest BCUT2D eigenvalue weighted by Gasteiger charge is -2.15. The van der Waals surface area contributed by atoms with Crippen LogP contribution in [0.5, 0.6) is 0 Å². The van der Waals surface area contributed by atoms with Gasteiger partial charge in [-0.3, -0.25) is 9.59 Å². The molecule has 1 aliphatic heterocycles. The number of benzene rings is 1. The molecule has 0 unspecified atom stereocenters. The number of nitrogens with one attached hydrogen (secondary N) is 1. The normalized spacial score (nSPS) is 18.1. The Labute approximate surface area is 117 Å². The van der Waals surface area contributed by atoms with Crippen LogP contribution in [0.15, 0.2) is 18.2 Å². The van der Waals surface area contributed by atoms with Gasteiger partial charge < -0.3 is 10.2 Å². The molecule has 0 atom stereocenters. The van der Waals surface area contributed by atoms with E-state index in [1.807, 2.05) is 0 Å². The van der Waals surface area contributed by atoms with Crippen molar-refractivity contribution >= 4 is 17.5 Å². The highest BCUT2D eigenvalue weighted by Crippen LogP contribution is 2.30. The molecule has 0 bridgehead atoms. The Hall–Kier alpha value is -1.91. The van der Waals surface area contributed by atoms with E-state index < -0.39 is 5.82 Å². The molecule has 1 saturated carbocycles. The van der Waals surface area contributed by atoms with Crippen molar-refractivity contribution in [3.05, 3.63) is 29.6 Å². The van der Waals surface area contributed by atoms with Gasteiger partial charge in [-0.15, -0.1) is 0 Å². The first kappa shape index (κ1) is 13.1. The van der Waals surface area contributed by atoms with Gasteiger partial charge in [0.2, 0.25) is 5.91 Å². The van der Waals surface area contributed by atoms with Gasteiger partial charge in [-0.05, 0) is 43.9 Å². The van der Waals surface area contributed by atoms with Crippen LogP contribution in [0.2, 0.25) is 0 Å². The number of hydrogen-bond acceptors (Lipinski definition) is 2. The van der Waals surface area contributed by atoms with Crippen LogP contribution in [0.4, 0.5) is 10.1 Å². The van der Waals surface area contributed by atoms with E-state index in [1.54, 1.807) is 11.0 Å². The molecule has 2 fully saturated rings. The minimum Gasteiger partial charge on any atom is -0.339 e. The molecule has 1 aromatic carbocycles. The summed E-state index contributed by atoms with van der Waals surface area (Å²) in [5.41, 5.74) is 0.494. The Morgan fingerprint density at radius 3 is 2.50 bits per heavy atom. The summed E-state index contributed by atoms with van der Waals surface area (Å²) in [7, 11) is 0. The molecule has 4 nitrogen and oxygen atoms in total. The Morgan fingerprint density at radius 1 is 1.20 bits per heavy atom. The summed E-state index contributed by atoms with van der Waals surface area (Å²) in [6.45, 7) is 1.47. The molecule has 5 heteroatoms. The number of likely N-dealkylation sites (tertiary alicyclic amines) is 1. The maximum Gasteiger partial charge on any atom is 0.253 e. The molecule has 0 spiro atoms. The van der Waals surface area contributed by atoms with Gasteiger partial charge in [-0.1, -0.05) is 0 Å². The van der Waals surface area contributed by atoms with Crippen LogP contribution in [0.3, 0.4) is 0 Å². The summed E-state index contributed by atoms with van der Waals surface area (Å²) in [6.07, 6.45) is 3.76. The van der Waals surface area contributed by atoms with Crippen LogP contribution < -0.4 is 5.32 Å². The molecule has 1 aliphatic carbocycles. The third-order valence-electron chi connectivity index (χ3n) is 3.82. The standard InChI is InChI=1S/C15H17FN2O2/c16-12-9-11(15(20)18-7-1-2-8-18)5-6-13(12)17-14(19)10-3-4-10/h5-6,9-10H,1-4,7-8H2,(H,17,19). The van der Waals surface area contributed by atoms with Crippen molar-refractivity contribution < 1.29 is 14.0 Å². The van der Waals surface area contributed by atoms with Gasteiger partial charge in [0.1, 0.15) is 5.82 Å². The fourth-order valence-corrected chi connectivity index (χ4v) is 2.43. The second-order valence-electron chi connectivity index (χ2n) is 5.46. The molecular weight excluding hydrogens is 259 g/mol. The number of carbonyl (C=O) groups excluding carboxylic acids is 2. The lowest BCUT2D eigenvalue weighted by Crippen LogP contribution is -2.27. The first-order valence-corrected chi connectivity index (χ1v) is 7.05. The minimum absolute atomic E-state index is 0.0281. The summed E-state index contributed by atoms with van der Waals surface area (Å²) >= 11 is 0. The summed E-state index contributed by atoms with van der Waals surface area (Å²) < 4.78 is 14.0. The number of hydrogen-bond donors (Lipinski definition) is 1. The topological polar surface area (TPSA) is 49.4 Å². The van der Waals surface area contributed by atoms with E-state index in [1.165, 1.54) is 12.1 Å². The molecule has 2 amide bonds. The molecule has 20 heavy (non-hydrogen) atoms. The van der Waals surface area contributed by atoms with Crippen molar-refractivity contribution in [2.75, 3.05) is 18.4 Å². The maximum absolute atomic E-state index is 14.0. The number of amides is 2. The molecule has 1 saturated heterocycles. The third-order valence-corrected chi connectivity index (χ3v) is 3.82. The third kappa shape index (κ3) is 2.66. The molecular formula is C15H17FN2O2. The predicted molar refractivity (Wildman–Crippen MR) is 72.9 cm³/mol. The SMILES string of the molecule is O=C(Nc1ccc(C(=O)N2CCCC2)cc1F)C1CC1. The maximum atomic E-state index is 14.0. The number of carbonyl (C=O) groups is 2. The molecule has 1 aromatic rings. The number of anilines is 1. The Balaban J connectivity index is 1.72. The van der Waals surface area contributed by atoms with Gasteiger partial charge in [0.05, 0.1) is 5.69 Å². The van der Waals surface area contributed by atoms with E-state index in [-0.39, 0.29) is 23.4 Å². The van der Waals surface area contributed by atoms with E-state index in [9.17, 15) is 14.0 Å². The Morgan fingerprint density at radius 2 is 1.90 bits per heavy atom. The second kappa shape index (κ2) is 5.23. The second-order valence-corrected chi connectivity index (χ2v) is 5.46. The van der Waals surface area contributed by atoms with Crippen LogP contribution in [0.1, 0.15) is 36.0 Å². The number of nitrogens with zero attached hydrogens (tertiary/aromatic N) is 1. The van der Waals surface area contributed by atoms with Crippen LogP contribution in [-0.4, -0.2) is 29.8 Å². The van der Waals surface area contributed by atoms with Gasteiger partial charge in [-0.2, -0.15) is 0 Å². The van der Waals surface area contributed by atoms with E-state index in [0.717, 1.165) is 38.8 Å². The van der Waals surface area contributed by atoms with Gasteiger partial charge >= 0.3 is 0 Å². The fourth-order valence-electron chi connectivity index (χ4n) is 2.43. The lowest BCUT2D eigenvalue weighted by atomic mass is 10.1. The van der Waals surface area contributed by atoms with Gasteiger partial charge in [0.25, 0.3) is 5.91 Å². The zero-order valence-electron chi connectivity index (χ0n) is 11.2. The van der Waals surface area contributed by atoms with Crippen molar-refractivity contribution in [2.45, 2.75) is 25.7 Å². The molecule has 0 radical (unpaired) electrons. The van der Waals surface area contributed by atoms with Crippen LogP contribution >= 0.6 is 0 Å². The highest BCUT2D eigenvalue weighted by Gasteiger charge is 2.30. The summed E-state index contributed by atoms with van der Waals surface area (Å²) in [4.78, 5) is 25.5. The zero-order chi connectivity index (χ0) is 14.1. The predicted octanol–water partition coefficient (Wildman–Crippen LogP) is 2.41. The molecule has 1 N–H and O–H groups in total. The smallest absolute Gasteiger partial charge is 0.253 e. The lowest BCUT2D eigenvalue weighted by molar-refractivity contribution is -0.117. The average molecular weight is 276 g/mol. The minimum atomic E-state index is -0.552. The number of rotatable bonds is 3. The van der Waals surface area contributed by atoms with Crippen LogP contribution in [-0.2, 0) is 4.79 Å². The van der Waals surface area contributed by atoms with E-state index in [4.69, 9.17) is 0 Å². The monoisotopic (exact) mass is 276 g/mol. The highest BCUT2D eigenvalue weighted by molar-refractivity contribution is 5.97. The first-order valence-electron chi connectivity index (χ1n) is 7.05. The first-order chi connectivity index (χ1) is 9.65. The van der Waals surface area contributed by atoms with Gasteiger partial charge in [0, 0.05) is 24.6 Å². The van der Waals surface area contributed by atoms with Crippen molar-refractivity contribution in [1.82, 2.24) is 4.90 Å². The average Bonchev–Trinajstić information content (AvgIpc) is 3.15. The van der Waals surface area contributed by atoms with Crippen molar-refractivity contribution in [3.8, 4) is 0 Å². The summed E-state index contributed by atoms with van der Waals surface area (Å²) in [5, 5.41) is 2.57. The molecule has 2 aliphatic rings. The number of halogens is 1. The fraction of sp³-hybridized carbons (Fsp3) is 0.467. The molecule has 3 rings (SSSR count). The summed E-state index contributed by atoms with van der Waals surface area (Å²) in [6, 6.07) is 4.26. The quantitative estimate of drug-likeness (QED) is 0.921. The zero-order valence-corrected chi connectivity index (χ0v) is 11.2. The molecule has 0 aromatic heterocycles. The van der Waals surface area contributed by atoms with E-state index in [0.29, 0.717) is 5.56 Å². The van der Waals surface area contributed by atoms with Crippen LogP contribution in [0.25, 0.3) is 0 Å². The van der Waals surface area contributed by atoms with Gasteiger partial charge in [-0.25, -0.2) is 4.39 Å². The van der Waals surface area contributed by atoms with Crippen molar-refractivity contribution in [3.63, 3.8) is 0 Å². The van der Waals surface area contributed by atoms with E-state index >= 15 is 0 Å². The van der Waals surface area contributed by atoms with Crippen molar-refractivity contribution in [2.24, 2.45) is 5.92 Å².